The van der Waals surface area contributed by atoms with Gasteiger partial charge in [-0.1, -0.05) is 61.1 Å². The van der Waals surface area contributed by atoms with Crippen molar-refractivity contribution in [3.05, 3.63) is 0 Å². The Hall–Kier alpha value is 0.975. The largest absolute Gasteiger partial charge is 0.466 e. The zero-order chi connectivity index (χ0) is 11.0. The van der Waals surface area contributed by atoms with Gasteiger partial charge in [0, 0.05) is 5.33 Å². The molecule has 3 atom stereocenters. The summed E-state index contributed by atoms with van der Waals surface area (Å²) in [6.45, 7) is 2.10. The fourth-order valence-electron chi connectivity index (χ4n) is 1.71. The molecule has 0 saturated carbocycles. The van der Waals surface area contributed by atoms with E-state index >= 15 is 0 Å². The van der Waals surface area contributed by atoms with Crippen molar-refractivity contribution in [1.29, 1.82) is 0 Å². The molecule has 0 N–H and O–H groups in total. The normalized spacial score (nSPS) is 42.6. The maximum absolute atomic E-state index is 11.5. The van der Waals surface area contributed by atoms with Gasteiger partial charge in [-0.25, -0.2) is 0 Å². The van der Waals surface area contributed by atoms with E-state index in [2.05, 4.69) is 54.7 Å². The second-order valence-electron chi connectivity index (χ2n) is 3.76. The number of ether oxygens (including phenoxy) is 1. The Balaban J connectivity index is 3.03. The van der Waals surface area contributed by atoms with Crippen molar-refractivity contribution in [3.63, 3.8) is 0 Å². The minimum absolute atomic E-state index is 0.183. The molecule has 1 aliphatic rings. The van der Waals surface area contributed by atoms with Gasteiger partial charge in [0.25, 0.3) is 0 Å². The van der Waals surface area contributed by atoms with E-state index < -0.39 is 5.50 Å². The van der Waals surface area contributed by atoms with Crippen molar-refractivity contribution in [2.24, 2.45) is 0 Å². The van der Waals surface area contributed by atoms with Crippen LogP contribution in [0.3, 0.4) is 0 Å². The van der Waals surface area contributed by atoms with Gasteiger partial charge in [0.1, 0.15) is 10.3 Å². The first-order chi connectivity index (χ1) is 6.41. The molecule has 1 aliphatic heterocycles. The third kappa shape index (κ3) is 1.82. The number of alkyl halides is 3. The Morgan fingerprint density at radius 1 is 1.64 bits per heavy atom. The topological polar surface area (TPSA) is 26.3 Å². The zero-order valence-corrected chi connectivity index (χ0v) is 12.9. The number of hydrogen-bond acceptors (Lipinski definition) is 2. The highest BCUT2D eigenvalue weighted by molar-refractivity contribution is 9.13. The van der Waals surface area contributed by atoms with Gasteiger partial charge in [-0.2, -0.15) is 0 Å². The van der Waals surface area contributed by atoms with E-state index in [0.29, 0.717) is 5.33 Å². The summed E-state index contributed by atoms with van der Waals surface area (Å²) >= 11 is 10.5. The molecule has 0 aromatic rings. The molecule has 0 amide bonds. The monoisotopic (exact) mass is 388 g/mol. The molecule has 0 aromatic heterocycles. The molecule has 14 heavy (non-hydrogen) atoms. The standard InChI is InChI=1S/C8H12BBr3O2/c1-2-3-7(12)5(11)6(13)14-8(7,9)4-10/h5H,2-4,9H2,1H3. The molecule has 80 valence electrons. The predicted octanol–water partition coefficient (Wildman–Crippen LogP) is 1.96. The Labute approximate surface area is 110 Å². The fraction of sp³-hybridized carbons (Fsp3) is 0.875. The third-order valence-electron chi connectivity index (χ3n) is 2.68. The molecule has 1 rings (SSSR count). The summed E-state index contributed by atoms with van der Waals surface area (Å²) < 4.78 is 5.09. The van der Waals surface area contributed by atoms with Crippen molar-refractivity contribution in [1.82, 2.24) is 0 Å². The average molecular weight is 391 g/mol. The van der Waals surface area contributed by atoms with Crippen LogP contribution in [0, 0.1) is 0 Å². The second kappa shape index (κ2) is 4.46. The summed E-state index contributed by atoms with van der Waals surface area (Å²) in [7, 11) is 1.95. The van der Waals surface area contributed by atoms with Crippen LogP contribution in [0.5, 0.6) is 0 Å². The zero-order valence-electron chi connectivity index (χ0n) is 8.15. The summed E-state index contributed by atoms with van der Waals surface area (Å²) in [6.07, 6.45) is 1.91. The maximum Gasteiger partial charge on any atom is 0.321 e. The van der Waals surface area contributed by atoms with Crippen LogP contribution in [0.1, 0.15) is 19.8 Å². The number of hydrogen-bond donors (Lipinski definition) is 0. The van der Waals surface area contributed by atoms with Crippen LogP contribution < -0.4 is 0 Å². The predicted molar refractivity (Wildman–Crippen MR) is 70.4 cm³/mol. The van der Waals surface area contributed by atoms with Crippen LogP contribution in [0.25, 0.3) is 0 Å². The summed E-state index contributed by atoms with van der Waals surface area (Å²) in [4.78, 5) is 11.3. The molecule has 0 spiro atoms. The smallest absolute Gasteiger partial charge is 0.321 e. The van der Waals surface area contributed by atoms with Crippen LogP contribution >= 0.6 is 47.8 Å². The van der Waals surface area contributed by atoms with E-state index in [1.165, 1.54) is 0 Å². The van der Waals surface area contributed by atoms with E-state index in [4.69, 9.17) is 4.74 Å². The Morgan fingerprint density at radius 2 is 2.21 bits per heavy atom. The van der Waals surface area contributed by atoms with E-state index in [9.17, 15) is 4.79 Å². The van der Waals surface area contributed by atoms with Crippen LogP contribution in [-0.2, 0) is 9.53 Å². The molecule has 0 aliphatic carbocycles. The molecule has 1 heterocycles. The highest BCUT2D eigenvalue weighted by Crippen LogP contribution is 2.49. The second-order valence-corrected chi connectivity index (χ2v) is 6.65. The van der Waals surface area contributed by atoms with E-state index in [1.54, 1.807) is 0 Å². The van der Waals surface area contributed by atoms with Gasteiger partial charge in [-0.05, 0) is 6.42 Å². The molecular formula is C8H12BBr3O2. The molecule has 1 fully saturated rings. The third-order valence-corrected chi connectivity index (χ3v) is 7.22. The van der Waals surface area contributed by atoms with Crippen molar-refractivity contribution < 1.29 is 9.53 Å². The Kier molecular flexibility index (Phi) is 4.15. The molecular weight excluding hydrogens is 379 g/mol. The van der Waals surface area contributed by atoms with Crippen LogP contribution in [0.4, 0.5) is 0 Å². The lowest BCUT2D eigenvalue weighted by Gasteiger charge is -2.36. The number of cyclic esters (lactones) is 1. The molecule has 3 unspecified atom stereocenters. The molecule has 0 aromatic carbocycles. The average Bonchev–Trinajstić information content (AvgIpc) is 2.30. The van der Waals surface area contributed by atoms with Crippen molar-refractivity contribution >= 4 is 61.6 Å². The first-order valence-corrected chi connectivity index (χ1v) is 7.36. The van der Waals surface area contributed by atoms with Crippen molar-refractivity contribution in [2.75, 3.05) is 5.33 Å². The highest BCUT2D eigenvalue weighted by atomic mass is 79.9. The molecule has 0 radical (unpaired) electrons. The van der Waals surface area contributed by atoms with Gasteiger partial charge in [-0.15, -0.1) is 0 Å². The lowest BCUT2D eigenvalue weighted by molar-refractivity contribution is -0.142. The van der Waals surface area contributed by atoms with Crippen LogP contribution in [-0.4, -0.2) is 33.8 Å². The summed E-state index contributed by atoms with van der Waals surface area (Å²) in [5.41, 5.74) is -0.478. The van der Waals surface area contributed by atoms with Gasteiger partial charge in [0.2, 0.25) is 0 Å². The quantitative estimate of drug-likeness (QED) is 0.418. The van der Waals surface area contributed by atoms with E-state index in [0.717, 1.165) is 12.8 Å². The molecule has 1 saturated heterocycles. The first kappa shape index (κ1) is 13.0. The minimum atomic E-state index is -0.478. The molecule has 0 bridgehead atoms. The van der Waals surface area contributed by atoms with Gasteiger partial charge in [0.05, 0.1) is 4.32 Å². The molecule has 2 nitrogen and oxygen atoms in total. The van der Waals surface area contributed by atoms with Crippen LogP contribution in [0.2, 0.25) is 0 Å². The van der Waals surface area contributed by atoms with E-state index in [-0.39, 0.29) is 15.1 Å². The minimum Gasteiger partial charge on any atom is -0.466 e. The maximum atomic E-state index is 11.5. The number of esters is 1. The van der Waals surface area contributed by atoms with E-state index in [1.807, 2.05) is 7.85 Å². The number of carbonyl (C=O) groups is 1. The van der Waals surface area contributed by atoms with Crippen molar-refractivity contribution in [3.8, 4) is 0 Å². The van der Waals surface area contributed by atoms with Gasteiger partial charge >= 0.3 is 5.97 Å². The lowest BCUT2D eigenvalue weighted by atomic mass is 9.71. The Morgan fingerprint density at radius 3 is 2.64 bits per heavy atom. The van der Waals surface area contributed by atoms with Gasteiger partial charge in [-0.3, -0.25) is 4.79 Å². The summed E-state index contributed by atoms with van der Waals surface area (Å²) in [6, 6.07) is 0. The highest BCUT2D eigenvalue weighted by Gasteiger charge is 2.60. The summed E-state index contributed by atoms with van der Waals surface area (Å²) in [5.74, 6) is -0.183. The number of rotatable bonds is 3. The number of halogens is 3. The molecule has 6 heteroatoms. The van der Waals surface area contributed by atoms with Crippen molar-refractivity contribution in [2.45, 2.75) is 34.4 Å². The lowest BCUT2D eigenvalue weighted by Crippen LogP contribution is -2.52. The van der Waals surface area contributed by atoms with Gasteiger partial charge in [0.15, 0.2) is 7.85 Å². The number of carbonyl (C=O) groups excluding carboxylic acids is 1. The summed E-state index contributed by atoms with van der Waals surface area (Å²) in [5, 5.41) is 0.638. The van der Waals surface area contributed by atoms with Crippen LogP contribution in [0.15, 0.2) is 0 Å². The fourth-order valence-corrected chi connectivity index (χ4v) is 4.31. The first-order valence-electron chi connectivity index (χ1n) is 4.53. The van der Waals surface area contributed by atoms with Gasteiger partial charge < -0.3 is 4.74 Å². The Bertz CT molecular complexity index is 251. The SMILES string of the molecule is BC1(CBr)OC(=O)C(Br)C1(Br)CCC.